The summed E-state index contributed by atoms with van der Waals surface area (Å²) in [6.07, 6.45) is 15.3. The molecular weight excluding hydrogens is 609 g/mol. The average molecular weight is 664 g/mol. The number of rotatable bonds is 23. The van der Waals surface area contributed by atoms with Gasteiger partial charge in [0.1, 0.15) is 17.8 Å². The first-order chi connectivity index (χ1) is 20.9. The van der Waals surface area contributed by atoms with Crippen LogP contribution in [0.4, 0.5) is 0 Å². The molecule has 2 rings (SSSR count). The fourth-order valence-electron chi connectivity index (χ4n) is 5.45. The number of aliphatic hydroxyl groups excluding tert-OH is 1. The van der Waals surface area contributed by atoms with Crippen LogP contribution in [0.3, 0.4) is 0 Å². The van der Waals surface area contributed by atoms with Gasteiger partial charge >= 0.3 is 7.82 Å². The monoisotopic (exact) mass is 663 g/mol. The maximum Gasteiger partial charge on any atom is 0.472 e. The zero-order chi connectivity index (χ0) is 32.6. The first-order valence-electron chi connectivity index (χ1n) is 16.1. The highest BCUT2D eigenvalue weighted by atomic mass is 32.1. The SMILES string of the molecule is CCCCCCCCCCCCCCCC[C@H](COP(=O)(O)OC[C@H]1O[C@@H](n2ccc(=O)[nH]c2=S)[C@](C)(O)C1O)NC(C)=O. The van der Waals surface area contributed by atoms with Crippen molar-refractivity contribution in [2.75, 3.05) is 13.2 Å². The van der Waals surface area contributed by atoms with Crippen LogP contribution >= 0.6 is 20.0 Å². The summed E-state index contributed by atoms with van der Waals surface area (Å²) in [4.78, 5) is 35.9. The second-order valence-electron chi connectivity index (χ2n) is 12.1. The third kappa shape index (κ3) is 13.9. The van der Waals surface area contributed by atoms with Crippen LogP contribution < -0.4 is 10.9 Å². The second-order valence-corrected chi connectivity index (χ2v) is 13.9. The fraction of sp³-hybridized carbons (Fsp3) is 0.833. The van der Waals surface area contributed by atoms with E-state index in [2.05, 4.69) is 17.2 Å². The number of carbonyl (C=O) groups is 1. The average Bonchev–Trinajstić information content (AvgIpc) is 3.18. The number of amides is 1. The summed E-state index contributed by atoms with van der Waals surface area (Å²) in [5, 5.41) is 24.3. The van der Waals surface area contributed by atoms with E-state index in [4.69, 9.17) is 26.0 Å². The van der Waals surface area contributed by atoms with Crippen LogP contribution in [0.5, 0.6) is 0 Å². The third-order valence-corrected chi connectivity index (χ3v) is 9.28. The van der Waals surface area contributed by atoms with E-state index >= 15 is 0 Å². The Bertz CT molecular complexity index is 1150. The van der Waals surface area contributed by atoms with Crippen molar-refractivity contribution >= 4 is 25.9 Å². The number of H-pyrrole nitrogens is 1. The molecule has 254 valence electrons. The zero-order valence-electron chi connectivity index (χ0n) is 26.6. The number of nitrogens with zero attached hydrogens (tertiary/aromatic N) is 1. The first kappa shape index (κ1) is 38.7. The first-order valence-corrected chi connectivity index (χ1v) is 18.0. The number of aromatic nitrogens is 2. The molecule has 14 heteroatoms. The van der Waals surface area contributed by atoms with E-state index in [1.54, 1.807) is 0 Å². The molecule has 0 aliphatic carbocycles. The van der Waals surface area contributed by atoms with Crippen molar-refractivity contribution in [3.8, 4) is 0 Å². The Hall–Kier alpha value is -1.44. The number of hydrogen-bond donors (Lipinski definition) is 5. The highest BCUT2D eigenvalue weighted by Gasteiger charge is 2.53. The van der Waals surface area contributed by atoms with Gasteiger partial charge in [0.15, 0.2) is 11.0 Å². The molecule has 5 N–H and O–H groups in total. The molecule has 0 aromatic carbocycles. The quantitative estimate of drug-likeness (QED) is 0.0578. The number of carbonyl (C=O) groups excluding carboxylic acids is 1. The lowest BCUT2D eigenvalue weighted by atomic mass is 9.96. The van der Waals surface area contributed by atoms with E-state index < -0.39 is 50.1 Å². The minimum absolute atomic E-state index is 0.0319. The molecule has 1 aromatic heterocycles. The van der Waals surface area contributed by atoms with Gasteiger partial charge in [0.05, 0.1) is 19.3 Å². The van der Waals surface area contributed by atoms with Crippen LogP contribution in [-0.4, -0.2) is 67.6 Å². The van der Waals surface area contributed by atoms with Gasteiger partial charge < -0.3 is 25.2 Å². The van der Waals surface area contributed by atoms with Gasteiger partial charge in [0.25, 0.3) is 5.56 Å². The van der Waals surface area contributed by atoms with Crippen LogP contribution in [0.25, 0.3) is 0 Å². The van der Waals surface area contributed by atoms with E-state index in [0.717, 1.165) is 19.3 Å². The molecule has 44 heavy (non-hydrogen) atoms. The van der Waals surface area contributed by atoms with Crippen LogP contribution in [0, 0.1) is 4.77 Å². The van der Waals surface area contributed by atoms with Gasteiger partial charge in [0, 0.05) is 19.2 Å². The summed E-state index contributed by atoms with van der Waals surface area (Å²) < 4.78 is 29.8. The number of aromatic amines is 1. The summed E-state index contributed by atoms with van der Waals surface area (Å²) in [5.41, 5.74) is -2.29. The fourth-order valence-corrected chi connectivity index (χ4v) is 6.48. The Morgan fingerprint density at radius 2 is 1.64 bits per heavy atom. The van der Waals surface area contributed by atoms with Gasteiger partial charge in [-0.3, -0.25) is 28.2 Å². The van der Waals surface area contributed by atoms with Gasteiger partial charge in [-0.05, 0) is 25.6 Å². The van der Waals surface area contributed by atoms with Crippen molar-refractivity contribution < 1.29 is 38.3 Å². The molecule has 0 radical (unpaired) electrons. The minimum atomic E-state index is -4.59. The smallest absolute Gasteiger partial charge is 0.387 e. The van der Waals surface area contributed by atoms with Crippen molar-refractivity contribution in [2.24, 2.45) is 0 Å². The molecule has 1 aliphatic rings. The van der Waals surface area contributed by atoms with Crippen molar-refractivity contribution in [2.45, 2.75) is 147 Å². The topological polar surface area (TPSA) is 172 Å². The standard InChI is InChI=1S/C30H54N3O9PS/c1-4-5-6-7-8-9-10-11-12-13-14-15-16-17-18-24(31-23(2)34)21-40-43(38,39)41-22-25-27(36)30(3,37)28(42-25)33-20-19-26(35)32-29(33)44/h19-20,24-25,27-28,36-37H,4-18,21-22H2,1-3H3,(H,31,34)(H,38,39)(H,32,35,44)/t24-,25-,27?,28-,30-/m1/s1. The van der Waals surface area contributed by atoms with Crippen molar-refractivity contribution in [3.63, 3.8) is 0 Å². The largest absolute Gasteiger partial charge is 0.472 e. The van der Waals surface area contributed by atoms with Crippen molar-refractivity contribution in [1.29, 1.82) is 0 Å². The molecule has 1 aliphatic heterocycles. The van der Waals surface area contributed by atoms with E-state index in [-0.39, 0.29) is 17.3 Å². The molecule has 1 saturated heterocycles. The number of hydrogen-bond acceptors (Lipinski definition) is 9. The Morgan fingerprint density at radius 3 is 2.16 bits per heavy atom. The highest BCUT2D eigenvalue weighted by Crippen LogP contribution is 2.46. The molecular formula is C30H54N3O9PS. The van der Waals surface area contributed by atoms with E-state index in [1.807, 2.05) is 0 Å². The third-order valence-electron chi connectivity index (χ3n) is 8.01. The summed E-state index contributed by atoms with van der Waals surface area (Å²) >= 11 is 5.12. The summed E-state index contributed by atoms with van der Waals surface area (Å²) in [7, 11) is -4.59. The normalized spacial score (nSPS) is 23.8. The zero-order valence-corrected chi connectivity index (χ0v) is 28.3. The summed E-state index contributed by atoms with van der Waals surface area (Å²) in [6, 6.07) is 0.722. The molecule has 0 saturated carbocycles. The van der Waals surface area contributed by atoms with Gasteiger partial charge in [0.2, 0.25) is 5.91 Å². The lowest BCUT2D eigenvalue weighted by molar-refractivity contribution is -0.120. The molecule has 0 bridgehead atoms. The Kier molecular flexibility index (Phi) is 17.6. The van der Waals surface area contributed by atoms with Crippen LogP contribution in [0.2, 0.25) is 0 Å². The number of phosphoric acid groups is 1. The maximum atomic E-state index is 12.6. The lowest BCUT2D eigenvalue weighted by Crippen LogP contribution is -2.44. The van der Waals surface area contributed by atoms with Crippen LogP contribution in [-0.2, 0) is 23.1 Å². The molecule has 0 spiro atoms. The number of ether oxygens (including phenoxy) is 1. The highest BCUT2D eigenvalue weighted by molar-refractivity contribution is 7.71. The number of phosphoric ester groups is 1. The predicted molar refractivity (Wildman–Crippen MR) is 171 cm³/mol. The van der Waals surface area contributed by atoms with E-state index in [0.29, 0.717) is 6.42 Å². The van der Waals surface area contributed by atoms with Crippen molar-refractivity contribution in [1.82, 2.24) is 14.9 Å². The molecule has 12 nitrogen and oxygen atoms in total. The van der Waals surface area contributed by atoms with E-state index in [9.17, 15) is 29.3 Å². The van der Waals surface area contributed by atoms with Crippen LogP contribution in [0.1, 0.15) is 123 Å². The number of aliphatic hydroxyl groups is 2. The number of unbranched alkanes of at least 4 members (excludes halogenated alkanes) is 13. The molecule has 1 amide bonds. The summed E-state index contributed by atoms with van der Waals surface area (Å²) in [6.45, 7) is 4.14. The summed E-state index contributed by atoms with van der Waals surface area (Å²) in [5.74, 6) is -0.269. The predicted octanol–water partition coefficient (Wildman–Crippen LogP) is 5.42. The Morgan fingerprint density at radius 1 is 1.09 bits per heavy atom. The molecule has 6 atom stereocenters. The Labute approximate surface area is 266 Å². The maximum absolute atomic E-state index is 12.6. The van der Waals surface area contributed by atoms with Gasteiger partial charge in [-0.25, -0.2) is 4.57 Å². The molecule has 2 unspecified atom stereocenters. The van der Waals surface area contributed by atoms with Crippen LogP contribution in [0.15, 0.2) is 17.1 Å². The minimum Gasteiger partial charge on any atom is -0.387 e. The van der Waals surface area contributed by atoms with Gasteiger partial charge in [-0.15, -0.1) is 0 Å². The molecule has 2 heterocycles. The van der Waals surface area contributed by atoms with Crippen molar-refractivity contribution in [3.05, 3.63) is 27.4 Å². The van der Waals surface area contributed by atoms with Gasteiger partial charge in [-0.1, -0.05) is 96.8 Å². The number of nitrogens with one attached hydrogen (secondary N) is 2. The van der Waals surface area contributed by atoms with E-state index in [1.165, 1.54) is 101 Å². The molecule has 1 fully saturated rings. The lowest BCUT2D eigenvalue weighted by Gasteiger charge is -2.28. The second kappa shape index (κ2) is 19.9. The van der Waals surface area contributed by atoms with Gasteiger partial charge in [-0.2, -0.15) is 0 Å². The Balaban J connectivity index is 1.69. The molecule has 1 aromatic rings.